The Hall–Kier alpha value is -3.33. The molecule has 0 N–H and O–H groups in total. The van der Waals surface area contributed by atoms with E-state index in [-0.39, 0.29) is 11.6 Å². The smallest absolute Gasteiger partial charge is 0.353 e. The van der Waals surface area contributed by atoms with Gasteiger partial charge >= 0.3 is 5.97 Å². The topological polar surface area (TPSA) is 96.5 Å². The largest absolute Gasteiger partial charge is 0.479 e. The number of nitrogens with zero attached hydrogens (tertiary/aromatic N) is 3. The zero-order valence-electron chi connectivity index (χ0n) is 18.6. The second kappa shape index (κ2) is 9.44. The molecule has 2 aromatic carbocycles. The number of para-hydroxylation sites is 2. The Morgan fingerprint density at radius 2 is 1.75 bits per heavy atom. The summed E-state index contributed by atoms with van der Waals surface area (Å²) in [5.74, 6) is 0.183. The van der Waals surface area contributed by atoms with Gasteiger partial charge in [-0.15, -0.1) is 0 Å². The van der Waals surface area contributed by atoms with E-state index in [9.17, 15) is 14.9 Å². The summed E-state index contributed by atoms with van der Waals surface area (Å²) in [5, 5.41) is 16.0. The van der Waals surface area contributed by atoms with Gasteiger partial charge in [0.15, 0.2) is 6.10 Å². The lowest BCUT2D eigenvalue weighted by molar-refractivity contribution is -0.387. The monoisotopic (exact) mass is 455 g/mol. The highest BCUT2D eigenvalue weighted by molar-refractivity contribution is 7.99. The molecule has 3 aromatic rings. The van der Waals surface area contributed by atoms with E-state index in [0.717, 1.165) is 11.8 Å². The number of esters is 1. The highest BCUT2D eigenvalue weighted by Gasteiger charge is 2.30. The summed E-state index contributed by atoms with van der Waals surface area (Å²) in [4.78, 5) is 24.9. The minimum absolute atomic E-state index is 0.0292. The number of carbonyl (C=O) groups excluding carboxylic acids is 1. The number of rotatable bonds is 7. The zero-order chi connectivity index (χ0) is 23.5. The maximum absolute atomic E-state index is 12.9. The van der Waals surface area contributed by atoms with Gasteiger partial charge in [-0.1, -0.05) is 42.1 Å². The molecule has 0 aliphatic carbocycles. The minimum Gasteiger partial charge on any atom is -0.479 e. The summed E-state index contributed by atoms with van der Waals surface area (Å²) in [6.45, 7) is 9.18. The van der Waals surface area contributed by atoms with Crippen LogP contribution in [0.15, 0.2) is 64.4 Å². The van der Waals surface area contributed by atoms with Gasteiger partial charge in [0.2, 0.25) is 5.88 Å². The van der Waals surface area contributed by atoms with Crippen molar-refractivity contribution in [1.82, 2.24) is 9.78 Å². The average molecular weight is 456 g/mol. The molecule has 32 heavy (non-hydrogen) atoms. The molecule has 0 saturated heterocycles. The van der Waals surface area contributed by atoms with E-state index in [1.807, 2.05) is 39.0 Å². The molecule has 0 radical (unpaired) electrons. The van der Waals surface area contributed by atoms with Crippen LogP contribution in [0, 0.1) is 17.0 Å². The van der Waals surface area contributed by atoms with Crippen molar-refractivity contribution < 1.29 is 19.2 Å². The number of carbonyl (C=O) groups is 1. The third kappa shape index (κ3) is 5.28. The Morgan fingerprint density at radius 1 is 1.12 bits per heavy atom. The third-order valence-electron chi connectivity index (χ3n) is 4.46. The molecule has 0 saturated carbocycles. The van der Waals surface area contributed by atoms with Crippen molar-refractivity contribution in [2.75, 3.05) is 0 Å². The third-order valence-corrected chi connectivity index (χ3v) is 5.70. The quantitative estimate of drug-likeness (QED) is 0.268. The minimum atomic E-state index is -0.870. The van der Waals surface area contributed by atoms with Crippen LogP contribution < -0.4 is 9.47 Å². The van der Waals surface area contributed by atoms with Crippen molar-refractivity contribution in [3.05, 3.63) is 70.4 Å². The van der Waals surface area contributed by atoms with Crippen LogP contribution >= 0.6 is 11.8 Å². The van der Waals surface area contributed by atoms with Gasteiger partial charge in [-0.3, -0.25) is 10.1 Å². The Labute approximate surface area is 190 Å². The second-order valence-electron chi connectivity index (χ2n) is 8.12. The molecule has 1 heterocycles. The fraction of sp³-hybridized carbons (Fsp3) is 0.304. The van der Waals surface area contributed by atoms with Gasteiger partial charge in [0, 0.05) is 6.07 Å². The van der Waals surface area contributed by atoms with Crippen LogP contribution in [0.1, 0.15) is 33.4 Å². The number of nitro benzene ring substituents is 1. The van der Waals surface area contributed by atoms with Crippen LogP contribution in [0.25, 0.3) is 0 Å². The first-order valence-electron chi connectivity index (χ1n) is 10.0. The predicted molar refractivity (Wildman–Crippen MR) is 121 cm³/mol. The zero-order valence-corrected chi connectivity index (χ0v) is 19.4. The molecule has 8 nitrogen and oxygen atoms in total. The molecule has 0 unspecified atom stereocenters. The SMILES string of the molecule is Cc1nn(C(C)(C)C)c(OC(=O)[C@@H](C)Oc2ccccc2)c1Sc1ccccc1[N+](=O)[O-]. The van der Waals surface area contributed by atoms with Crippen LogP contribution in [0.2, 0.25) is 0 Å². The number of aromatic nitrogens is 2. The Kier molecular flexibility index (Phi) is 6.88. The fourth-order valence-corrected chi connectivity index (χ4v) is 3.90. The first kappa shape index (κ1) is 23.3. The van der Waals surface area contributed by atoms with Gasteiger partial charge in [0.05, 0.1) is 25.9 Å². The molecular weight excluding hydrogens is 430 g/mol. The van der Waals surface area contributed by atoms with Crippen molar-refractivity contribution in [1.29, 1.82) is 0 Å². The van der Waals surface area contributed by atoms with E-state index in [0.29, 0.717) is 21.2 Å². The molecule has 0 spiro atoms. The van der Waals surface area contributed by atoms with Crippen molar-refractivity contribution in [2.24, 2.45) is 0 Å². The predicted octanol–water partition coefficient (Wildman–Crippen LogP) is 5.38. The number of hydrogen-bond donors (Lipinski definition) is 0. The Balaban J connectivity index is 1.95. The highest BCUT2D eigenvalue weighted by atomic mass is 32.2. The summed E-state index contributed by atoms with van der Waals surface area (Å²) < 4.78 is 13.1. The van der Waals surface area contributed by atoms with Gasteiger partial charge in [0.1, 0.15) is 5.75 Å². The summed E-state index contributed by atoms with van der Waals surface area (Å²) >= 11 is 1.15. The summed E-state index contributed by atoms with van der Waals surface area (Å²) in [6, 6.07) is 15.4. The van der Waals surface area contributed by atoms with Crippen LogP contribution in [0.5, 0.6) is 11.6 Å². The lowest BCUT2D eigenvalue weighted by atomic mass is 10.1. The molecule has 1 atom stereocenters. The molecule has 0 aliphatic rings. The molecule has 0 amide bonds. The maximum Gasteiger partial charge on any atom is 0.353 e. The lowest BCUT2D eigenvalue weighted by Gasteiger charge is -2.23. The molecule has 9 heteroatoms. The van der Waals surface area contributed by atoms with Crippen LogP contribution in [-0.4, -0.2) is 26.8 Å². The second-order valence-corrected chi connectivity index (χ2v) is 9.18. The number of aryl methyl sites for hydroxylation is 1. The average Bonchev–Trinajstić information content (AvgIpc) is 3.04. The molecule has 0 aliphatic heterocycles. The van der Waals surface area contributed by atoms with Crippen LogP contribution in [0.3, 0.4) is 0 Å². The van der Waals surface area contributed by atoms with Crippen molar-refractivity contribution in [3.8, 4) is 11.6 Å². The van der Waals surface area contributed by atoms with E-state index in [1.54, 1.807) is 48.9 Å². The molecule has 3 rings (SSSR count). The van der Waals surface area contributed by atoms with E-state index in [4.69, 9.17) is 9.47 Å². The lowest BCUT2D eigenvalue weighted by Crippen LogP contribution is -2.31. The summed E-state index contributed by atoms with van der Waals surface area (Å²) in [6.07, 6.45) is -0.870. The van der Waals surface area contributed by atoms with Gasteiger partial charge in [-0.05, 0) is 52.8 Å². The van der Waals surface area contributed by atoms with Gasteiger partial charge < -0.3 is 9.47 Å². The van der Waals surface area contributed by atoms with Crippen molar-refractivity contribution in [3.63, 3.8) is 0 Å². The van der Waals surface area contributed by atoms with E-state index >= 15 is 0 Å². The first-order chi connectivity index (χ1) is 15.1. The van der Waals surface area contributed by atoms with E-state index in [1.165, 1.54) is 6.07 Å². The summed E-state index contributed by atoms with van der Waals surface area (Å²) in [5.41, 5.74) is 0.0756. The van der Waals surface area contributed by atoms with Gasteiger partial charge in [0.25, 0.3) is 5.69 Å². The first-order valence-corrected chi connectivity index (χ1v) is 10.8. The van der Waals surface area contributed by atoms with Gasteiger partial charge in [-0.25, -0.2) is 9.48 Å². The van der Waals surface area contributed by atoms with E-state index < -0.39 is 22.5 Å². The maximum atomic E-state index is 12.9. The Morgan fingerprint density at radius 3 is 2.38 bits per heavy atom. The molecule has 1 aromatic heterocycles. The van der Waals surface area contributed by atoms with Gasteiger partial charge in [-0.2, -0.15) is 5.10 Å². The van der Waals surface area contributed by atoms with Crippen LogP contribution in [0.4, 0.5) is 5.69 Å². The van der Waals surface area contributed by atoms with Crippen molar-refractivity contribution in [2.45, 2.75) is 56.1 Å². The van der Waals surface area contributed by atoms with Crippen molar-refractivity contribution >= 4 is 23.4 Å². The molecule has 0 bridgehead atoms. The number of hydrogen-bond acceptors (Lipinski definition) is 7. The molecular formula is C23H25N3O5S. The summed E-state index contributed by atoms with van der Waals surface area (Å²) in [7, 11) is 0. The van der Waals surface area contributed by atoms with E-state index in [2.05, 4.69) is 5.10 Å². The number of nitro groups is 1. The van der Waals surface area contributed by atoms with Crippen LogP contribution in [-0.2, 0) is 10.3 Å². The number of ether oxygens (including phenoxy) is 2. The molecule has 0 fully saturated rings. The standard InChI is InChI=1S/C23H25N3O5S/c1-15-20(32-19-14-10-9-13-18(19)26(28)29)21(25(24-15)23(3,4)5)31-22(27)16(2)30-17-11-7-6-8-12-17/h6-14,16H,1-5H3/t16-/m1/s1. The Bertz CT molecular complexity index is 1120. The normalized spacial score (nSPS) is 12.3. The molecule has 168 valence electrons. The fourth-order valence-electron chi connectivity index (χ4n) is 2.89. The highest BCUT2D eigenvalue weighted by Crippen LogP contribution is 2.43. The number of benzene rings is 2.